The Morgan fingerprint density at radius 2 is 1.88 bits per heavy atom. The van der Waals surface area contributed by atoms with Crippen molar-refractivity contribution in [3.8, 4) is 0 Å². The maximum atomic E-state index is 12.4. The molecule has 0 atom stereocenters. The van der Waals surface area contributed by atoms with Gasteiger partial charge in [0, 0.05) is 31.1 Å². The lowest BCUT2D eigenvalue weighted by Gasteiger charge is -2.32. The van der Waals surface area contributed by atoms with Crippen molar-refractivity contribution in [2.45, 2.75) is 52.5 Å². The van der Waals surface area contributed by atoms with Crippen molar-refractivity contribution in [1.29, 1.82) is 0 Å². The molecule has 0 saturated carbocycles. The number of rotatable bonds is 3. The molecule has 0 amide bonds. The lowest BCUT2D eigenvalue weighted by Crippen LogP contribution is -2.37. The van der Waals surface area contributed by atoms with Gasteiger partial charge in [-0.15, -0.1) is 5.10 Å². The van der Waals surface area contributed by atoms with E-state index in [4.69, 9.17) is 0 Å². The van der Waals surface area contributed by atoms with Crippen LogP contribution < -0.4 is 10.5 Å². The maximum Gasteiger partial charge on any atom is 0.253 e. The standard InChI is InChI=1S/C19H27N5O/c1-14-5-6-17(22-21-14)23-9-7-15(8-10-23)12-24-13-20-16(11-18(24)25)19(2,3)4/h5-6,11,13,15H,7-10,12H2,1-4H3. The molecule has 0 spiro atoms. The highest BCUT2D eigenvalue weighted by Gasteiger charge is 2.22. The molecule has 1 saturated heterocycles. The number of hydrogen-bond acceptors (Lipinski definition) is 5. The number of nitrogens with zero attached hydrogens (tertiary/aromatic N) is 5. The van der Waals surface area contributed by atoms with Crippen molar-refractivity contribution in [1.82, 2.24) is 19.7 Å². The Labute approximate surface area is 148 Å². The van der Waals surface area contributed by atoms with Crippen LogP contribution in [-0.4, -0.2) is 32.8 Å². The molecule has 25 heavy (non-hydrogen) atoms. The molecule has 2 aromatic heterocycles. The summed E-state index contributed by atoms with van der Waals surface area (Å²) in [5.74, 6) is 1.44. The zero-order valence-electron chi connectivity index (χ0n) is 15.6. The van der Waals surface area contributed by atoms with Crippen LogP contribution in [0.2, 0.25) is 0 Å². The quantitative estimate of drug-likeness (QED) is 0.858. The highest BCUT2D eigenvalue weighted by atomic mass is 16.1. The molecule has 3 heterocycles. The van der Waals surface area contributed by atoms with Crippen molar-refractivity contribution < 1.29 is 0 Å². The Morgan fingerprint density at radius 1 is 1.16 bits per heavy atom. The average Bonchev–Trinajstić information content (AvgIpc) is 2.57. The van der Waals surface area contributed by atoms with E-state index in [2.05, 4.69) is 40.9 Å². The molecule has 6 nitrogen and oxygen atoms in total. The van der Waals surface area contributed by atoms with E-state index in [1.54, 1.807) is 17.0 Å². The van der Waals surface area contributed by atoms with Gasteiger partial charge in [-0.25, -0.2) is 4.98 Å². The zero-order chi connectivity index (χ0) is 18.0. The van der Waals surface area contributed by atoms with Crippen LogP contribution in [0.1, 0.15) is 45.0 Å². The van der Waals surface area contributed by atoms with Crippen molar-refractivity contribution >= 4 is 5.82 Å². The first-order valence-corrected chi connectivity index (χ1v) is 8.95. The Kier molecular flexibility index (Phi) is 4.88. The predicted octanol–water partition coefficient (Wildman–Crippen LogP) is 2.56. The fourth-order valence-corrected chi connectivity index (χ4v) is 3.16. The zero-order valence-corrected chi connectivity index (χ0v) is 15.6. The molecule has 0 bridgehead atoms. The third-order valence-corrected chi connectivity index (χ3v) is 4.83. The van der Waals surface area contributed by atoms with Crippen molar-refractivity contribution in [2.24, 2.45) is 5.92 Å². The fraction of sp³-hybridized carbons (Fsp3) is 0.579. The summed E-state index contributed by atoms with van der Waals surface area (Å²) in [6.07, 6.45) is 3.80. The molecular formula is C19H27N5O. The number of aryl methyl sites for hydroxylation is 1. The topological polar surface area (TPSA) is 63.9 Å². The first kappa shape index (κ1) is 17.6. The molecule has 1 aliphatic rings. The van der Waals surface area contributed by atoms with E-state index in [-0.39, 0.29) is 11.0 Å². The molecule has 1 aliphatic heterocycles. The second kappa shape index (κ2) is 6.94. The minimum Gasteiger partial charge on any atom is -0.355 e. The van der Waals surface area contributed by atoms with Gasteiger partial charge in [0.05, 0.1) is 17.7 Å². The van der Waals surface area contributed by atoms with Gasteiger partial charge in [0.25, 0.3) is 5.56 Å². The van der Waals surface area contributed by atoms with Crippen LogP contribution in [-0.2, 0) is 12.0 Å². The van der Waals surface area contributed by atoms with E-state index < -0.39 is 0 Å². The Hall–Kier alpha value is -2.24. The normalized spacial score (nSPS) is 16.2. The van der Waals surface area contributed by atoms with E-state index in [0.717, 1.165) is 49.7 Å². The van der Waals surface area contributed by atoms with Gasteiger partial charge in [-0.05, 0) is 37.8 Å². The van der Waals surface area contributed by atoms with Crippen LogP contribution in [0.15, 0.2) is 29.3 Å². The van der Waals surface area contributed by atoms with Gasteiger partial charge < -0.3 is 4.90 Å². The van der Waals surface area contributed by atoms with Gasteiger partial charge in [0.2, 0.25) is 0 Å². The second-order valence-corrected chi connectivity index (χ2v) is 7.98. The highest BCUT2D eigenvalue weighted by Crippen LogP contribution is 2.23. The summed E-state index contributed by atoms with van der Waals surface area (Å²) in [5.41, 5.74) is 1.73. The number of anilines is 1. The van der Waals surface area contributed by atoms with Crippen LogP contribution in [0.5, 0.6) is 0 Å². The summed E-state index contributed by atoms with van der Waals surface area (Å²) in [6, 6.07) is 5.70. The van der Waals surface area contributed by atoms with Crippen LogP contribution >= 0.6 is 0 Å². The fourth-order valence-electron chi connectivity index (χ4n) is 3.16. The Bertz CT molecular complexity index is 768. The Balaban J connectivity index is 1.61. The summed E-state index contributed by atoms with van der Waals surface area (Å²) in [4.78, 5) is 19.1. The molecule has 0 unspecified atom stereocenters. The Morgan fingerprint density at radius 3 is 2.44 bits per heavy atom. The molecule has 0 radical (unpaired) electrons. The van der Waals surface area contributed by atoms with Gasteiger partial charge in [0.1, 0.15) is 0 Å². The molecule has 134 valence electrons. The summed E-state index contributed by atoms with van der Waals surface area (Å²) < 4.78 is 1.75. The van der Waals surface area contributed by atoms with E-state index in [0.29, 0.717) is 5.92 Å². The lowest BCUT2D eigenvalue weighted by atomic mass is 9.92. The third-order valence-electron chi connectivity index (χ3n) is 4.83. The summed E-state index contributed by atoms with van der Waals surface area (Å²) in [5, 5.41) is 8.40. The molecule has 2 aromatic rings. The molecule has 0 aromatic carbocycles. The van der Waals surface area contributed by atoms with Gasteiger partial charge in [-0.2, -0.15) is 5.10 Å². The predicted molar refractivity (Wildman–Crippen MR) is 98.9 cm³/mol. The van der Waals surface area contributed by atoms with Crippen LogP contribution in [0.3, 0.4) is 0 Å². The number of aromatic nitrogens is 4. The largest absolute Gasteiger partial charge is 0.355 e. The lowest BCUT2D eigenvalue weighted by molar-refractivity contribution is 0.349. The van der Waals surface area contributed by atoms with Gasteiger partial charge in [0.15, 0.2) is 5.82 Å². The first-order valence-electron chi connectivity index (χ1n) is 8.95. The van der Waals surface area contributed by atoms with E-state index >= 15 is 0 Å². The number of hydrogen-bond donors (Lipinski definition) is 0. The molecule has 1 fully saturated rings. The van der Waals surface area contributed by atoms with Gasteiger partial charge >= 0.3 is 0 Å². The summed E-state index contributed by atoms with van der Waals surface area (Å²) >= 11 is 0. The highest BCUT2D eigenvalue weighted by molar-refractivity contribution is 5.37. The molecule has 0 N–H and O–H groups in total. The SMILES string of the molecule is Cc1ccc(N2CCC(Cn3cnc(C(C)(C)C)cc3=O)CC2)nn1. The van der Waals surface area contributed by atoms with E-state index in [1.807, 2.05) is 19.1 Å². The van der Waals surface area contributed by atoms with Crippen LogP contribution in [0.4, 0.5) is 5.82 Å². The summed E-state index contributed by atoms with van der Waals surface area (Å²) in [6.45, 7) is 10.8. The van der Waals surface area contributed by atoms with Crippen molar-refractivity contribution in [2.75, 3.05) is 18.0 Å². The maximum absolute atomic E-state index is 12.4. The molecular weight excluding hydrogens is 314 g/mol. The van der Waals surface area contributed by atoms with Gasteiger partial charge in [-0.3, -0.25) is 9.36 Å². The second-order valence-electron chi connectivity index (χ2n) is 7.98. The average molecular weight is 341 g/mol. The van der Waals surface area contributed by atoms with E-state index in [1.165, 1.54) is 0 Å². The first-order chi connectivity index (χ1) is 11.8. The molecule has 0 aliphatic carbocycles. The minimum absolute atomic E-state index is 0.0479. The van der Waals surface area contributed by atoms with Crippen LogP contribution in [0, 0.1) is 12.8 Å². The monoisotopic (exact) mass is 341 g/mol. The third kappa shape index (κ3) is 4.24. The summed E-state index contributed by atoms with van der Waals surface area (Å²) in [7, 11) is 0. The van der Waals surface area contributed by atoms with Crippen LogP contribution in [0.25, 0.3) is 0 Å². The molecule has 6 heteroatoms. The van der Waals surface area contributed by atoms with Crippen molar-refractivity contribution in [3.05, 3.63) is 46.3 Å². The molecule has 3 rings (SSSR count). The number of piperidine rings is 1. The van der Waals surface area contributed by atoms with E-state index in [9.17, 15) is 4.79 Å². The minimum atomic E-state index is -0.0985. The van der Waals surface area contributed by atoms with Gasteiger partial charge in [-0.1, -0.05) is 20.8 Å². The van der Waals surface area contributed by atoms with Crippen molar-refractivity contribution in [3.63, 3.8) is 0 Å². The smallest absolute Gasteiger partial charge is 0.253 e.